The first kappa shape index (κ1) is 11.0. The van der Waals surface area contributed by atoms with Crippen molar-refractivity contribution in [2.75, 3.05) is 0 Å². The molecule has 0 N–H and O–H groups in total. The largest absolute Gasteiger partial charge is 0.464 e. The van der Waals surface area contributed by atoms with Crippen molar-refractivity contribution in [1.29, 1.82) is 0 Å². The molecule has 0 spiro atoms. The first-order valence-corrected chi connectivity index (χ1v) is 6.22. The van der Waals surface area contributed by atoms with Crippen LogP contribution in [0.15, 0.2) is 59.2 Å². The molecule has 0 fully saturated rings. The molecule has 0 saturated carbocycles. The van der Waals surface area contributed by atoms with Crippen LogP contribution in [0.3, 0.4) is 0 Å². The Morgan fingerprint density at radius 2 is 1.70 bits per heavy atom. The highest BCUT2D eigenvalue weighted by Gasteiger charge is 2.15. The van der Waals surface area contributed by atoms with Gasteiger partial charge in [-0.2, -0.15) is 0 Å². The van der Waals surface area contributed by atoms with E-state index >= 15 is 0 Å². The fourth-order valence-electron chi connectivity index (χ4n) is 2.75. The van der Waals surface area contributed by atoms with Gasteiger partial charge in [0.15, 0.2) is 0 Å². The lowest BCUT2D eigenvalue weighted by Crippen LogP contribution is -1.90. The molecule has 4 heteroatoms. The van der Waals surface area contributed by atoms with Crippen LogP contribution < -0.4 is 0 Å². The van der Waals surface area contributed by atoms with Crippen molar-refractivity contribution in [2.45, 2.75) is 0 Å². The summed E-state index contributed by atoms with van der Waals surface area (Å²) in [5.41, 5.74) is 0.890. The molecule has 0 atom stereocenters. The third-order valence-corrected chi connectivity index (χ3v) is 3.63. The number of fused-ring (bicyclic) bond motifs is 5. The van der Waals surface area contributed by atoms with Crippen LogP contribution in [-0.2, 0) is 0 Å². The van der Waals surface area contributed by atoms with Crippen LogP contribution in [0.4, 0.5) is 5.69 Å². The van der Waals surface area contributed by atoms with Crippen LogP contribution in [0.2, 0.25) is 0 Å². The predicted molar refractivity (Wildman–Crippen MR) is 77.9 cm³/mol. The second kappa shape index (κ2) is 3.81. The highest BCUT2D eigenvalue weighted by Crippen LogP contribution is 2.36. The Bertz CT molecular complexity index is 985. The van der Waals surface area contributed by atoms with Gasteiger partial charge < -0.3 is 4.42 Å². The first-order chi connectivity index (χ1) is 9.75. The molecule has 0 bridgehead atoms. The number of hydrogen-bond acceptors (Lipinski definition) is 3. The maximum atomic E-state index is 11.3. The van der Waals surface area contributed by atoms with E-state index in [-0.39, 0.29) is 10.6 Å². The minimum atomic E-state index is -0.339. The Morgan fingerprint density at radius 1 is 0.900 bits per heavy atom. The number of nitrogens with zero attached hydrogens (tertiary/aromatic N) is 1. The molecule has 0 aliphatic carbocycles. The Morgan fingerprint density at radius 3 is 2.55 bits per heavy atom. The number of nitro groups is 1. The van der Waals surface area contributed by atoms with E-state index in [0.29, 0.717) is 5.39 Å². The second-order valence-corrected chi connectivity index (χ2v) is 4.70. The lowest BCUT2D eigenvalue weighted by molar-refractivity contribution is -0.383. The van der Waals surface area contributed by atoms with Gasteiger partial charge in [0.2, 0.25) is 0 Å². The van der Waals surface area contributed by atoms with Gasteiger partial charge in [0, 0.05) is 22.2 Å². The third-order valence-electron chi connectivity index (χ3n) is 3.63. The first-order valence-electron chi connectivity index (χ1n) is 6.22. The number of nitro benzene ring substituents is 1. The zero-order valence-corrected chi connectivity index (χ0v) is 10.4. The van der Waals surface area contributed by atoms with Gasteiger partial charge in [-0.25, -0.2) is 0 Å². The summed E-state index contributed by atoms with van der Waals surface area (Å²) >= 11 is 0. The van der Waals surface area contributed by atoms with Crippen molar-refractivity contribution in [3.8, 4) is 0 Å². The molecular weight excluding hydrogens is 254 g/mol. The molecule has 0 unspecified atom stereocenters. The fourth-order valence-corrected chi connectivity index (χ4v) is 2.75. The molecule has 1 heterocycles. The summed E-state index contributed by atoms with van der Waals surface area (Å²) in [5, 5.41) is 15.5. The van der Waals surface area contributed by atoms with Gasteiger partial charge in [-0.1, -0.05) is 30.3 Å². The van der Waals surface area contributed by atoms with E-state index in [1.807, 2.05) is 36.4 Å². The van der Waals surface area contributed by atoms with Gasteiger partial charge in [0.05, 0.1) is 16.6 Å². The maximum Gasteiger partial charge on any atom is 0.277 e. The number of furan rings is 1. The summed E-state index contributed by atoms with van der Waals surface area (Å²) in [6, 6.07) is 14.7. The van der Waals surface area contributed by atoms with Crippen molar-refractivity contribution in [2.24, 2.45) is 0 Å². The summed E-state index contributed by atoms with van der Waals surface area (Å²) in [6.07, 6.45) is 1.63. The SMILES string of the molecule is O=[N+]([O-])c1cccc2ccc3c(ccc4ccoc43)c12. The number of rotatable bonds is 1. The average Bonchev–Trinajstić information content (AvgIpc) is 2.94. The molecule has 0 amide bonds. The standard InChI is InChI=1S/C16H9NO3/c18-17(19)14-3-1-2-10-4-7-13-12(15(10)14)6-5-11-8-9-20-16(11)13/h1-9H. The average molecular weight is 263 g/mol. The van der Waals surface area contributed by atoms with E-state index in [9.17, 15) is 10.1 Å². The van der Waals surface area contributed by atoms with Crippen LogP contribution in [0.1, 0.15) is 0 Å². The van der Waals surface area contributed by atoms with Gasteiger partial charge >= 0.3 is 0 Å². The van der Waals surface area contributed by atoms with E-state index in [2.05, 4.69) is 0 Å². The van der Waals surface area contributed by atoms with Crippen LogP contribution in [-0.4, -0.2) is 4.92 Å². The Kier molecular flexibility index (Phi) is 2.09. The minimum Gasteiger partial charge on any atom is -0.464 e. The topological polar surface area (TPSA) is 56.3 Å². The van der Waals surface area contributed by atoms with E-state index < -0.39 is 0 Å². The summed E-state index contributed by atoms with van der Waals surface area (Å²) in [4.78, 5) is 10.9. The fraction of sp³-hybridized carbons (Fsp3) is 0. The molecule has 4 aromatic rings. The molecule has 1 aromatic heterocycles. The molecule has 0 saturated heterocycles. The van der Waals surface area contributed by atoms with Gasteiger partial charge in [-0.15, -0.1) is 0 Å². The Labute approximate surface area is 113 Å². The third kappa shape index (κ3) is 1.36. The van der Waals surface area contributed by atoms with E-state index in [1.165, 1.54) is 6.07 Å². The zero-order chi connectivity index (χ0) is 13.7. The minimum absolute atomic E-state index is 0.124. The normalized spacial score (nSPS) is 11.4. The van der Waals surface area contributed by atoms with Crippen LogP contribution in [0.5, 0.6) is 0 Å². The van der Waals surface area contributed by atoms with Crippen molar-refractivity contribution >= 4 is 38.2 Å². The highest BCUT2D eigenvalue weighted by molar-refractivity contribution is 6.18. The molecule has 96 valence electrons. The van der Waals surface area contributed by atoms with Gasteiger partial charge in [-0.05, 0) is 17.5 Å². The van der Waals surface area contributed by atoms with Crippen LogP contribution >= 0.6 is 0 Å². The number of hydrogen-bond donors (Lipinski definition) is 0. The molecule has 0 aliphatic rings. The van der Waals surface area contributed by atoms with Gasteiger partial charge in [-0.3, -0.25) is 10.1 Å². The lowest BCUT2D eigenvalue weighted by Gasteiger charge is -2.05. The molecule has 3 aromatic carbocycles. The molecular formula is C16H9NO3. The molecule has 0 radical (unpaired) electrons. The Balaban J connectivity index is 2.31. The second-order valence-electron chi connectivity index (χ2n) is 4.70. The Hall–Kier alpha value is -2.88. The van der Waals surface area contributed by atoms with E-state index in [1.54, 1.807) is 12.3 Å². The molecule has 4 nitrogen and oxygen atoms in total. The van der Waals surface area contributed by atoms with Crippen molar-refractivity contribution in [1.82, 2.24) is 0 Å². The van der Waals surface area contributed by atoms with E-state index in [0.717, 1.165) is 27.1 Å². The predicted octanol–water partition coefficient (Wildman–Crippen LogP) is 4.65. The quantitative estimate of drug-likeness (QED) is 0.285. The maximum absolute atomic E-state index is 11.3. The van der Waals surface area contributed by atoms with Crippen LogP contribution in [0.25, 0.3) is 32.5 Å². The van der Waals surface area contributed by atoms with Gasteiger partial charge in [0.25, 0.3) is 5.69 Å². The monoisotopic (exact) mass is 263 g/mol. The summed E-state index contributed by atoms with van der Waals surface area (Å²) in [5.74, 6) is 0. The zero-order valence-electron chi connectivity index (χ0n) is 10.4. The number of non-ortho nitro benzene ring substituents is 1. The van der Waals surface area contributed by atoms with Crippen molar-refractivity contribution in [3.63, 3.8) is 0 Å². The summed E-state index contributed by atoms with van der Waals surface area (Å²) < 4.78 is 5.51. The molecule has 0 aliphatic heterocycles. The van der Waals surface area contributed by atoms with Crippen molar-refractivity contribution in [3.05, 3.63) is 64.9 Å². The van der Waals surface area contributed by atoms with Crippen LogP contribution in [0, 0.1) is 10.1 Å². The van der Waals surface area contributed by atoms with Crippen molar-refractivity contribution < 1.29 is 9.34 Å². The smallest absolute Gasteiger partial charge is 0.277 e. The summed E-state index contributed by atoms with van der Waals surface area (Å²) in [6.45, 7) is 0. The highest BCUT2D eigenvalue weighted by atomic mass is 16.6. The molecule has 4 rings (SSSR count). The van der Waals surface area contributed by atoms with Gasteiger partial charge in [0.1, 0.15) is 5.58 Å². The lowest BCUT2D eigenvalue weighted by atomic mass is 9.99. The summed E-state index contributed by atoms with van der Waals surface area (Å²) in [7, 11) is 0. The van der Waals surface area contributed by atoms with E-state index in [4.69, 9.17) is 4.42 Å². The number of benzene rings is 3. The molecule has 20 heavy (non-hydrogen) atoms.